The average molecular weight is 501 g/mol. The molecule has 8 nitrogen and oxygen atoms in total. The molecule has 2 aromatic carbocycles. The van der Waals surface area contributed by atoms with Gasteiger partial charge in [0.2, 0.25) is 0 Å². The lowest BCUT2D eigenvalue weighted by molar-refractivity contribution is 0.0967. The summed E-state index contributed by atoms with van der Waals surface area (Å²) in [6.45, 7) is 6.54. The van der Waals surface area contributed by atoms with Gasteiger partial charge in [0.1, 0.15) is 23.5 Å². The molecular formula is C29H36N6O2. The number of nitrogens with zero attached hydrogens (tertiary/aromatic N) is 4. The first kappa shape index (κ1) is 26.1. The molecule has 2 aromatic heterocycles. The number of hydrogen-bond donors (Lipinski definition) is 2. The number of aromatic nitrogens is 3. The van der Waals surface area contributed by atoms with E-state index in [9.17, 15) is 4.79 Å². The topological polar surface area (TPSA) is 107 Å². The van der Waals surface area contributed by atoms with Crippen molar-refractivity contribution in [3.63, 3.8) is 0 Å². The molecule has 4 rings (SSSR count). The van der Waals surface area contributed by atoms with Gasteiger partial charge in [0, 0.05) is 29.5 Å². The number of aryl methyl sites for hydroxylation is 1. The fourth-order valence-electron chi connectivity index (χ4n) is 4.23. The zero-order chi connectivity index (χ0) is 26.2. The predicted octanol–water partition coefficient (Wildman–Crippen LogP) is 6.19. The maximum atomic E-state index is 12.6. The number of carbonyl (C=O) groups is 1. The van der Waals surface area contributed by atoms with Gasteiger partial charge < -0.3 is 10.6 Å². The Hall–Kier alpha value is -3.94. The van der Waals surface area contributed by atoms with E-state index in [0.29, 0.717) is 24.4 Å². The number of nitrogens with one attached hydrogen (secondary N) is 1. The number of benzene rings is 2. The van der Waals surface area contributed by atoms with Gasteiger partial charge in [0.05, 0.1) is 11.2 Å². The summed E-state index contributed by atoms with van der Waals surface area (Å²) in [6, 6.07) is 15.4. The molecule has 194 valence electrons. The minimum Gasteiger partial charge on any atom is -0.412 e. The first-order valence-corrected chi connectivity index (χ1v) is 13.1. The van der Waals surface area contributed by atoms with Crippen LogP contribution in [0.5, 0.6) is 0 Å². The Morgan fingerprint density at radius 1 is 1.03 bits per heavy atom. The highest BCUT2D eigenvalue weighted by Crippen LogP contribution is 2.28. The zero-order valence-corrected chi connectivity index (χ0v) is 22.0. The maximum Gasteiger partial charge on any atom is 0.162 e. The molecule has 37 heavy (non-hydrogen) atoms. The molecule has 0 spiro atoms. The average Bonchev–Trinajstić information content (AvgIpc) is 3.27. The van der Waals surface area contributed by atoms with Crippen LogP contribution in [0.2, 0.25) is 0 Å². The summed E-state index contributed by atoms with van der Waals surface area (Å²) in [5.74, 6) is 1.44. The SMILES string of the molecule is CCCCc1nc2c(N)nc3ccccc3c2n1OCCCCCC(=O)c1ccc(NN=C(C)C)cc1. The highest BCUT2D eigenvalue weighted by atomic mass is 16.7. The number of ketones is 1. The number of nitrogen functional groups attached to an aromatic ring is 1. The van der Waals surface area contributed by atoms with Crippen LogP contribution in [0.3, 0.4) is 0 Å². The second kappa shape index (κ2) is 12.3. The number of hydrazone groups is 1. The highest BCUT2D eigenvalue weighted by molar-refractivity contribution is 6.06. The van der Waals surface area contributed by atoms with Gasteiger partial charge >= 0.3 is 0 Å². The van der Waals surface area contributed by atoms with Crippen molar-refractivity contribution in [1.29, 1.82) is 0 Å². The van der Waals surface area contributed by atoms with E-state index in [4.69, 9.17) is 15.6 Å². The third-order valence-corrected chi connectivity index (χ3v) is 6.18. The van der Waals surface area contributed by atoms with E-state index in [2.05, 4.69) is 22.4 Å². The molecular weight excluding hydrogens is 464 g/mol. The van der Waals surface area contributed by atoms with Crippen molar-refractivity contribution in [3.05, 3.63) is 59.9 Å². The lowest BCUT2D eigenvalue weighted by Gasteiger charge is -2.12. The van der Waals surface area contributed by atoms with Crippen LogP contribution in [0.25, 0.3) is 21.9 Å². The van der Waals surface area contributed by atoms with Crippen LogP contribution >= 0.6 is 0 Å². The van der Waals surface area contributed by atoms with Crippen molar-refractivity contribution in [2.75, 3.05) is 17.8 Å². The molecule has 8 heteroatoms. The maximum absolute atomic E-state index is 12.6. The molecule has 0 fully saturated rings. The van der Waals surface area contributed by atoms with Crippen LogP contribution < -0.4 is 16.0 Å². The molecule has 0 radical (unpaired) electrons. The minimum absolute atomic E-state index is 0.152. The van der Waals surface area contributed by atoms with Gasteiger partial charge in [-0.15, -0.1) is 0 Å². The molecule has 3 N–H and O–H groups in total. The van der Waals surface area contributed by atoms with Crippen LogP contribution in [0, 0.1) is 0 Å². The Balaban J connectivity index is 1.34. The van der Waals surface area contributed by atoms with E-state index >= 15 is 0 Å². The first-order valence-electron chi connectivity index (χ1n) is 13.1. The Bertz CT molecular complexity index is 1390. The van der Waals surface area contributed by atoms with Crippen molar-refractivity contribution in [3.8, 4) is 0 Å². The van der Waals surface area contributed by atoms with Crippen molar-refractivity contribution >= 4 is 44.9 Å². The van der Waals surface area contributed by atoms with Crippen LogP contribution in [-0.2, 0) is 6.42 Å². The molecule has 4 aromatic rings. The van der Waals surface area contributed by atoms with E-state index in [1.54, 1.807) is 0 Å². The van der Waals surface area contributed by atoms with E-state index in [-0.39, 0.29) is 5.78 Å². The summed E-state index contributed by atoms with van der Waals surface area (Å²) < 4.78 is 1.86. The van der Waals surface area contributed by atoms with Crippen molar-refractivity contribution in [2.24, 2.45) is 5.10 Å². The molecule has 0 aliphatic carbocycles. The number of Topliss-reactive ketones (excluding diaryl/α,β-unsaturated/α-hetero) is 1. The summed E-state index contributed by atoms with van der Waals surface area (Å²) >= 11 is 0. The van der Waals surface area contributed by atoms with Crippen molar-refractivity contribution in [1.82, 2.24) is 14.7 Å². The van der Waals surface area contributed by atoms with E-state index < -0.39 is 0 Å². The number of anilines is 2. The van der Waals surface area contributed by atoms with Gasteiger partial charge in [-0.1, -0.05) is 31.5 Å². The van der Waals surface area contributed by atoms with Crippen LogP contribution in [0.4, 0.5) is 11.5 Å². The number of hydrogen-bond acceptors (Lipinski definition) is 7. The van der Waals surface area contributed by atoms with Crippen molar-refractivity contribution in [2.45, 2.75) is 65.7 Å². The second-order valence-electron chi connectivity index (χ2n) is 9.45. The summed E-state index contributed by atoms with van der Waals surface area (Å²) in [7, 11) is 0. The monoisotopic (exact) mass is 500 g/mol. The van der Waals surface area contributed by atoms with Gasteiger partial charge in [-0.25, -0.2) is 9.97 Å². The largest absolute Gasteiger partial charge is 0.412 e. The summed E-state index contributed by atoms with van der Waals surface area (Å²) in [5.41, 5.74) is 14.2. The predicted molar refractivity (Wildman–Crippen MR) is 151 cm³/mol. The summed E-state index contributed by atoms with van der Waals surface area (Å²) in [5, 5.41) is 5.15. The highest BCUT2D eigenvalue weighted by Gasteiger charge is 2.18. The third-order valence-electron chi connectivity index (χ3n) is 6.18. The number of rotatable bonds is 13. The molecule has 0 bridgehead atoms. The van der Waals surface area contributed by atoms with Crippen LogP contribution in [0.1, 0.15) is 75.5 Å². The fraction of sp³-hybridized carbons (Fsp3) is 0.379. The molecule has 0 amide bonds. The van der Waals surface area contributed by atoms with Gasteiger partial charge in [-0.3, -0.25) is 10.2 Å². The number of para-hydroxylation sites is 1. The van der Waals surface area contributed by atoms with E-state index in [0.717, 1.165) is 77.7 Å². The number of pyridine rings is 1. The first-order chi connectivity index (χ1) is 18.0. The summed E-state index contributed by atoms with van der Waals surface area (Å²) in [4.78, 5) is 28.2. The molecule has 0 saturated carbocycles. The molecule has 0 saturated heterocycles. The van der Waals surface area contributed by atoms with Gasteiger partial charge in [0.25, 0.3) is 0 Å². The third kappa shape index (κ3) is 6.44. The Morgan fingerprint density at radius 2 is 1.81 bits per heavy atom. The lowest BCUT2D eigenvalue weighted by atomic mass is 10.0. The molecule has 0 aliphatic heterocycles. The molecule has 0 unspecified atom stereocenters. The Labute approximate surface area is 217 Å². The van der Waals surface area contributed by atoms with Gasteiger partial charge in [0.15, 0.2) is 11.6 Å². The van der Waals surface area contributed by atoms with Crippen LogP contribution in [0.15, 0.2) is 53.6 Å². The van der Waals surface area contributed by atoms with Gasteiger partial charge in [-0.05, 0) is 69.9 Å². The number of carbonyl (C=O) groups excluding carboxylic acids is 1. The molecule has 0 atom stereocenters. The lowest BCUT2D eigenvalue weighted by Crippen LogP contribution is -2.16. The van der Waals surface area contributed by atoms with Crippen molar-refractivity contribution < 1.29 is 9.63 Å². The quantitative estimate of drug-likeness (QED) is 0.0981. The van der Waals surface area contributed by atoms with E-state index in [1.807, 2.05) is 67.1 Å². The zero-order valence-electron chi connectivity index (χ0n) is 22.0. The number of fused-ring (bicyclic) bond motifs is 3. The Morgan fingerprint density at radius 3 is 2.57 bits per heavy atom. The number of nitrogens with two attached hydrogens (primary N) is 1. The van der Waals surface area contributed by atoms with Gasteiger partial charge in [-0.2, -0.15) is 9.83 Å². The van der Waals surface area contributed by atoms with E-state index in [1.165, 1.54) is 0 Å². The number of imidazole rings is 1. The summed E-state index contributed by atoms with van der Waals surface area (Å²) in [6.07, 6.45) is 5.97. The normalized spacial score (nSPS) is 11.1. The second-order valence-corrected chi connectivity index (χ2v) is 9.45. The molecule has 0 aliphatic rings. The molecule has 2 heterocycles. The van der Waals surface area contributed by atoms with Crippen LogP contribution in [-0.4, -0.2) is 32.8 Å². The fourth-order valence-corrected chi connectivity index (χ4v) is 4.23. The number of unbranched alkanes of at least 4 members (excludes halogenated alkanes) is 3. The Kier molecular flexibility index (Phi) is 8.72. The standard InChI is InChI=1S/C29H36N6O2/c1-4-5-14-26-32-27-28(23-11-8-9-12-24(23)31-29(27)30)35(26)37-19-10-6-7-13-25(36)21-15-17-22(18-16-21)34-33-20(2)3/h8-9,11-12,15-18,34H,4-7,10,13-14,19H2,1-3H3,(H2,30,31). The smallest absolute Gasteiger partial charge is 0.162 e. The minimum atomic E-state index is 0.152.